The zero-order valence-electron chi connectivity index (χ0n) is 16.9. The molecule has 0 bridgehead atoms. The van der Waals surface area contributed by atoms with Crippen LogP contribution < -0.4 is 4.90 Å². The number of hydrogen-bond donors (Lipinski definition) is 0. The van der Waals surface area contributed by atoms with Crippen molar-refractivity contribution in [3.63, 3.8) is 0 Å². The van der Waals surface area contributed by atoms with Crippen LogP contribution in [0.2, 0.25) is 0 Å². The van der Waals surface area contributed by atoms with Crippen LogP contribution in [0.15, 0.2) is 59.5 Å². The number of halogens is 4. The maximum atomic E-state index is 14.0. The minimum Gasteiger partial charge on any atom is -0.308 e. The molecule has 1 unspecified atom stereocenters. The first-order chi connectivity index (χ1) is 15.4. The Bertz CT molecular complexity index is 1370. The largest absolute Gasteiger partial charge is 0.501 e. The van der Waals surface area contributed by atoms with Crippen molar-refractivity contribution in [2.45, 2.75) is 29.9 Å². The summed E-state index contributed by atoms with van der Waals surface area (Å²) in [6, 6.07) is 9.38. The topological polar surface area (TPSA) is 87.7 Å². The molecule has 3 aromatic rings. The van der Waals surface area contributed by atoms with Crippen LogP contribution in [0.5, 0.6) is 0 Å². The van der Waals surface area contributed by atoms with E-state index in [4.69, 9.17) is 0 Å². The van der Waals surface area contributed by atoms with E-state index in [-0.39, 0.29) is 12.2 Å². The number of nitrogens with zero attached hydrogens (tertiary/aromatic N) is 3. The summed E-state index contributed by atoms with van der Waals surface area (Å²) in [5.41, 5.74) is -4.79. The predicted molar refractivity (Wildman–Crippen MR) is 109 cm³/mol. The lowest BCUT2D eigenvalue weighted by atomic mass is 10.1. The van der Waals surface area contributed by atoms with Crippen LogP contribution in [-0.4, -0.2) is 41.8 Å². The highest BCUT2D eigenvalue weighted by molar-refractivity contribution is 7.92. The number of carbonyl (C=O) groups excluding carboxylic acids is 2. The Labute approximate surface area is 185 Å². The van der Waals surface area contributed by atoms with Crippen LogP contribution in [0, 0.1) is 5.95 Å². The van der Waals surface area contributed by atoms with E-state index in [0.717, 1.165) is 23.1 Å². The maximum absolute atomic E-state index is 14.0. The lowest BCUT2D eigenvalue weighted by molar-refractivity contribution is -0.119. The van der Waals surface area contributed by atoms with E-state index < -0.39 is 44.2 Å². The minimum atomic E-state index is -5.57. The number of pyridine rings is 1. The third-order valence-electron chi connectivity index (χ3n) is 5.30. The summed E-state index contributed by atoms with van der Waals surface area (Å²) in [5, 5.41) is 0.589. The molecule has 1 aromatic heterocycles. The van der Waals surface area contributed by atoms with E-state index in [2.05, 4.69) is 4.98 Å². The lowest BCUT2D eigenvalue weighted by Crippen LogP contribution is -2.33. The average Bonchev–Trinajstić information content (AvgIpc) is 2.96. The molecule has 1 aliphatic heterocycles. The number of sulfone groups is 1. The fourth-order valence-corrected chi connectivity index (χ4v) is 4.35. The van der Waals surface area contributed by atoms with Crippen LogP contribution in [0.3, 0.4) is 0 Å². The Morgan fingerprint density at radius 2 is 1.67 bits per heavy atom. The smallest absolute Gasteiger partial charge is 0.308 e. The molecule has 1 saturated heterocycles. The van der Waals surface area contributed by atoms with Gasteiger partial charge in [-0.2, -0.15) is 17.6 Å². The van der Waals surface area contributed by atoms with Crippen molar-refractivity contribution >= 4 is 38.4 Å². The number of alkyl halides is 3. The van der Waals surface area contributed by atoms with Gasteiger partial charge in [0.15, 0.2) is 0 Å². The highest BCUT2D eigenvalue weighted by Crippen LogP contribution is 2.33. The number of fused-ring (bicyclic) bond motifs is 1. The number of rotatable bonds is 4. The fourth-order valence-electron chi connectivity index (χ4n) is 3.58. The summed E-state index contributed by atoms with van der Waals surface area (Å²) in [7, 11) is -5.57. The van der Waals surface area contributed by atoms with Crippen molar-refractivity contribution in [2.75, 3.05) is 4.90 Å². The van der Waals surface area contributed by atoms with Crippen LogP contribution >= 0.6 is 0 Å². The number of benzene rings is 2. The molecule has 0 aliphatic carbocycles. The SMILES string of the molecule is CC1C(=O)N(c2ccc(S(=O)(=O)C(F)(F)F)cc2)C(=O)N1Cc1cc(F)nc2ccccc12. The molecule has 33 heavy (non-hydrogen) atoms. The highest BCUT2D eigenvalue weighted by atomic mass is 32.2. The number of imide groups is 1. The van der Waals surface area contributed by atoms with E-state index in [1.807, 2.05) is 0 Å². The number of aromatic nitrogens is 1. The van der Waals surface area contributed by atoms with Gasteiger partial charge in [-0.15, -0.1) is 0 Å². The average molecular weight is 481 g/mol. The molecule has 0 N–H and O–H groups in total. The van der Waals surface area contributed by atoms with E-state index >= 15 is 0 Å². The first kappa shape index (κ1) is 22.6. The van der Waals surface area contributed by atoms with Gasteiger partial charge in [-0.3, -0.25) is 4.79 Å². The molecule has 2 heterocycles. The van der Waals surface area contributed by atoms with Gasteiger partial charge in [0.25, 0.3) is 15.7 Å². The van der Waals surface area contributed by atoms with Gasteiger partial charge in [0.2, 0.25) is 5.95 Å². The molecule has 0 radical (unpaired) electrons. The molecule has 1 aliphatic rings. The summed E-state index contributed by atoms with van der Waals surface area (Å²) in [6.45, 7) is 1.34. The Morgan fingerprint density at radius 1 is 1.03 bits per heavy atom. The quantitative estimate of drug-likeness (QED) is 0.319. The second-order valence-electron chi connectivity index (χ2n) is 7.32. The predicted octanol–water partition coefficient (Wildman–Crippen LogP) is 4.02. The minimum absolute atomic E-state index is 0.0914. The van der Waals surface area contributed by atoms with Crippen molar-refractivity contribution in [2.24, 2.45) is 0 Å². The number of carbonyl (C=O) groups is 2. The molecule has 1 atom stereocenters. The lowest BCUT2D eigenvalue weighted by Gasteiger charge is -2.20. The third kappa shape index (κ3) is 3.80. The van der Waals surface area contributed by atoms with Gasteiger partial charge >= 0.3 is 11.5 Å². The summed E-state index contributed by atoms with van der Waals surface area (Å²) >= 11 is 0. The Balaban J connectivity index is 1.65. The first-order valence-corrected chi connectivity index (χ1v) is 11.0. The number of amides is 3. The summed E-state index contributed by atoms with van der Waals surface area (Å²) in [4.78, 5) is 30.5. The second-order valence-corrected chi connectivity index (χ2v) is 9.27. The van der Waals surface area contributed by atoms with Crippen molar-refractivity contribution < 1.29 is 35.6 Å². The van der Waals surface area contributed by atoms with Gasteiger partial charge in [-0.25, -0.2) is 23.1 Å². The normalized spacial score (nSPS) is 17.3. The highest BCUT2D eigenvalue weighted by Gasteiger charge is 2.47. The number of urea groups is 1. The maximum Gasteiger partial charge on any atom is 0.501 e. The number of anilines is 1. The van der Waals surface area contributed by atoms with E-state index in [9.17, 15) is 35.6 Å². The standard InChI is InChI=1S/C21H15F4N3O4S/c1-12-19(29)28(14-6-8-15(9-7-14)33(31,32)21(23,24)25)20(30)27(12)11-13-10-18(22)26-17-5-3-2-4-16(13)17/h2-10,12H,11H2,1H3. The van der Waals surface area contributed by atoms with Crippen molar-refractivity contribution in [1.82, 2.24) is 9.88 Å². The summed E-state index contributed by atoms with van der Waals surface area (Å²) in [6.07, 6.45) is 0. The van der Waals surface area contributed by atoms with Gasteiger partial charge in [-0.05, 0) is 48.9 Å². The van der Waals surface area contributed by atoms with Crippen molar-refractivity contribution in [3.8, 4) is 0 Å². The van der Waals surface area contributed by atoms with Crippen molar-refractivity contribution in [3.05, 3.63) is 66.1 Å². The number of para-hydroxylation sites is 1. The third-order valence-corrected chi connectivity index (χ3v) is 6.81. The molecule has 2 aromatic carbocycles. The van der Waals surface area contributed by atoms with Gasteiger partial charge < -0.3 is 4.90 Å². The molecule has 172 valence electrons. The monoisotopic (exact) mass is 481 g/mol. The molecule has 7 nitrogen and oxygen atoms in total. The molecular weight excluding hydrogens is 466 g/mol. The Kier molecular flexibility index (Phi) is 5.35. The second kappa shape index (κ2) is 7.80. The van der Waals surface area contributed by atoms with Gasteiger partial charge in [0, 0.05) is 11.9 Å². The van der Waals surface area contributed by atoms with Crippen LogP contribution in [0.4, 0.5) is 28.0 Å². The zero-order chi connectivity index (χ0) is 24.1. The van der Waals surface area contributed by atoms with Crippen molar-refractivity contribution in [1.29, 1.82) is 0 Å². The molecule has 1 fully saturated rings. The van der Waals surface area contributed by atoms with Gasteiger partial charge in [0.05, 0.1) is 16.1 Å². The van der Waals surface area contributed by atoms with Gasteiger partial charge in [-0.1, -0.05) is 18.2 Å². The summed E-state index contributed by atoms with van der Waals surface area (Å²) < 4.78 is 75.3. The van der Waals surface area contributed by atoms with E-state index in [1.54, 1.807) is 24.3 Å². The Hall–Kier alpha value is -3.54. The molecule has 3 amide bonds. The van der Waals surface area contributed by atoms with Crippen LogP contribution in [0.25, 0.3) is 10.9 Å². The number of hydrogen-bond acceptors (Lipinski definition) is 5. The molecule has 4 rings (SSSR count). The summed E-state index contributed by atoms with van der Waals surface area (Å²) in [5.74, 6) is -1.42. The van der Waals surface area contributed by atoms with Gasteiger partial charge in [0.1, 0.15) is 6.04 Å². The molecule has 0 saturated carbocycles. The molecule has 12 heteroatoms. The first-order valence-electron chi connectivity index (χ1n) is 9.52. The van der Waals surface area contributed by atoms with E-state index in [0.29, 0.717) is 28.6 Å². The van der Waals surface area contributed by atoms with Crippen LogP contribution in [-0.2, 0) is 21.2 Å². The molecule has 0 spiro atoms. The fraction of sp³-hybridized carbons (Fsp3) is 0.190. The van der Waals surface area contributed by atoms with E-state index in [1.165, 1.54) is 11.8 Å². The van der Waals surface area contributed by atoms with Crippen LogP contribution in [0.1, 0.15) is 12.5 Å². The Morgan fingerprint density at radius 3 is 2.30 bits per heavy atom. The zero-order valence-corrected chi connectivity index (χ0v) is 17.7. The molecular formula is C21H15F4N3O4S.